The Hall–Kier alpha value is -1.87. The number of hydrogen-bond acceptors (Lipinski definition) is 10. The molecular formula is C22H28N6O2S6. The van der Waals surface area contributed by atoms with Gasteiger partial charge in [0.25, 0.3) is 11.8 Å². The van der Waals surface area contributed by atoms with Crippen LogP contribution in [0.5, 0.6) is 0 Å². The first-order valence-electron chi connectivity index (χ1n) is 10.4. The molecule has 1 rings (SSSR count). The van der Waals surface area contributed by atoms with Gasteiger partial charge in [-0.25, -0.2) is 0 Å². The van der Waals surface area contributed by atoms with Crippen molar-refractivity contribution >= 4 is 101 Å². The molecule has 0 unspecified atom stereocenters. The van der Waals surface area contributed by atoms with E-state index in [0.29, 0.717) is 24.7 Å². The highest BCUT2D eigenvalue weighted by Crippen LogP contribution is 2.20. The maximum atomic E-state index is 10.8. The zero-order chi connectivity index (χ0) is 26.9. The summed E-state index contributed by atoms with van der Waals surface area (Å²) in [6.45, 7) is 2.62. The molecule has 0 saturated heterocycles. The predicted molar refractivity (Wildman–Crippen MR) is 168 cm³/mol. The van der Waals surface area contributed by atoms with Crippen LogP contribution in [0.3, 0.4) is 0 Å². The average Bonchev–Trinajstić information content (AvgIpc) is 2.89. The number of carbonyl (C=O) groups excluding carboxylic acids is 2. The Bertz CT molecular complexity index is 926. The molecule has 0 spiro atoms. The Labute approximate surface area is 239 Å². The van der Waals surface area contributed by atoms with Crippen LogP contribution in [-0.2, 0) is 9.59 Å². The number of hydrogen-bond donors (Lipinski definition) is 5. The van der Waals surface area contributed by atoms with Gasteiger partial charge in [-0.05, 0) is 60.5 Å². The Morgan fingerprint density at radius 2 is 1.33 bits per heavy atom. The van der Waals surface area contributed by atoms with E-state index in [0.717, 1.165) is 40.9 Å². The number of anilines is 1. The zero-order valence-corrected chi connectivity index (χ0v) is 24.3. The van der Waals surface area contributed by atoms with E-state index in [4.69, 9.17) is 30.8 Å². The van der Waals surface area contributed by atoms with E-state index in [1.165, 1.54) is 0 Å². The lowest BCUT2D eigenvalue weighted by atomic mass is 10.3. The monoisotopic (exact) mass is 600 g/mol. The van der Waals surface area contributed by atoms with Crippen molar-refractivity contribution in [2.24, 2.45) is 10.7 Å². The summed E-state index contributed by atoms with van der Waals surface area (Å²) in [6, 6.07) is 7.40. The maximum Gasteiger partial charge on any atom is 0.295 e. The van der Waals surface area contributed by atoms with Gasteiger partial charge in [-0.2, -0.15) is 4.99 Å². The number of nitrogens with zero attached hydrogens (tertiary/aromatic N) is 1. The van der Waals surface area contributed by atoms with Gasteiger partial charge in [-0.3, -0.25) is 9.59 Å². The first-order valence-corrected chi connectivity index (χ1v) is 16.2. The third kappa shape index (κ3) is 21.4. The van der Waals surface area contributed by atoms with E-state index in [2.05, 4.69) is 43.6 Å². The SMILES string of the molecule is C#CC(=O)NCCSSCCN.C#CC(=O)NCCSSCCNC(=S)Nc1ccc(N=C=S)cc1. The number of terminal acetylenes is 2. The van der Waals surface area contributed by atoms with Crippen molar-refractivity contribution in [3.8, 4) is 24.7 Å². The Morgan fingerprint density at radius 3 is 1.78 bits per heavy atom. The second-order valence-corrected chi connectivity index (χ2v) is 12.0. The molecule has 0 aliphatic carbocycles. The number of isothiocyanates is 1. The number of thiocarbonyl (C=S) groups is 2. The van der Waals surface area contributed by atoms with Crippen molar-refractivity contribution in [1.29, 1.82) is 0 Å². The number of aliphatic imine (C=N–C) groups is 1. The fraction of sp³-hybridized carbons (Fsp3) is 0.364. The molecule has 2 amide bonds. The number of nitrogens with one attached hydrogen (secondary N) is 4. The first kappa shape index (κ1) is 34.1. The van der Waals surface area contributed by atoms with Gasteiger partial charge in [-0.1, -0.05) is 43.2 Å². The van der Waals surface area contributed by atoms with Crippen molar-refractivity contribution in [3.05, 3.63) is 24.3 Å². The quantitative estimate of drug-likeness (QED) is 0.0672. The standard InChI is InChI=1S/C15H16N4OS4.C7H12N2OS2/c1-2-14(20)16-7-9-23-24-10-8-17-15(22)19-13-5-3-12(4-6-13)18-11-21;1-2-7(10)9-4-6-12-11-5-3-8/h1,3-6H,7-10H2,(H,16,20)(H2,17,19,22);1H,3-6,8H2,(H,9,10). The van der Waals surface area contributed by atoms with Gasteiger partial charge in [0.15, 0.2) is 5.11 Å². The minimum absolute atomic E-state index is 0.348. The minimum atomic E-state index is -0.374. The predicted octanol–water partition coefficient (Wildman–Crippen LogP) is 2.91. The van der Waals surface area contributed by atoms with Crippen molar-refractivity contribution in [2.75, 3.05) is 54.5 Å². The molecule has 36 heavy (non-hydrogen) atoms. The molecule has 0 atom stereocenters. The molecule has 1 aromatic carbocycles. The van der Waals surface area contributed by atoms with Crippen LogP contribution in [0.4, 0.5) is 11.4 Å². The Balaban J connectivity index is 0.000000860. The summed E-state index contributed by atoms with van der Waals surface area (Å²) in [7, 11) is 6.76. The molecule has 1 aromatic rings. The molecule has 0 aromatic heterocycles. The van der Waals surface area contributed by atoms with E-state index < -0.39 is 0 Å². The molecule has 0 saturated carbocycles. The molecule has 0 radical (unpaired) electrons. The summed E-state index contributed by atoms with van der Waals surface area (Å²) < 4.78 is 0. The lowest BCUT2D eigenvalue weighted by molar-refractivity contribution is -0.116. The molecule has 0 aliphatic heterocycles. The fourth-order valence-corrected chi connectivity index (χ4v) is 5.75. The summed E-state index contributed by atoms with van der Waals surface area (Å²) >= 11 is 9.78. The van der Waals surface area contributed by atoms with Crippen molar-refractivity contribution in [3.63, 3.8) is 0 Å². The van der Waals surface area contributed by atoms with E-state index in [1.54, 1.807) is 43.2 Å². The maximum absolute atomic E-state index is 10.8. The third-order valence-corrected chi connectivity index (χ3v) is 8.53. The molecule has 8 nitrogen and oxygen atoms in total. The van der Waals surface area contributed by atoms with Gasteiger partial charge in [0.05, 0.1) is 10.8 Å². The van der Waals surface area contributed by atoms with Crippen LogP contribution in [0.25, 0.3) is 0 Å². The van der Waals surface area contributed by atoms with Crippen LogP contribution in [0, 0.1) is 24.7 Å². The lowest BCUT2D eigenvalue weighted by Crippen LogP contribution is -2.30. The van der Waals surface area contributed by atoms with E-state index in [9.17, 15) is 9.59 Å². The molecule has 0 heterocycles. The van der Waals surface area contributed by atoms with Gasteiger partial charge < -0.3 is 27.0 Å². The largest absolute Gasteiger partial charge is 0.362 e. The zero-order valence-electron chi connectivity index (χ0n) is 19.4. The normalized spacial score (nSPS) is 9.19. The van der Waals surface area contributed by atoms with Crippen LogP contribution in [0.15, 0.2) is 29.3 Å². The molecular weight excluding hydrogens is 573 g/mol. The number of nitrogens with two attached hydrogens (primary N) is 1. The van der Waals surface area contributed by atoms with Gasteiger partial charge in [0, 0.05) is 54.9 Å². The molecule has 0 bridgehead atoms. The summed E-state index contributed by atoms with van der Waals surface area (Å²) in [5, 5.41) is 14.3. The van der Waals surface area contributed by atoms with Crippen LogP contribution >= 0.6 is 67.6 Å². The van der Waals surface area contributed by atoms with Crippen molar-refractivity contribution < 1.29 is 9.59 Å². The highest BCUT2D eigenvalue weighted by molar-refractivity contribution is 8.77. The van der Waals surface area contributed by atoms with E-state index in [1.807, 2.05) is 36.1 Å². The van der Waals surface area contributed by atoms with Crippen LogP contribution in [0.2, 0.25) is 0 Å². The first-order chi connectivity index (χ1) is 17.5. The summed E-state index contributed by atoms with van der Waals surface area (Å²) in [6.07, 6.45) is 9.79. The van der Waals surface area contributed by atoms with Gasteiger partial charge in [-0.15, -0.1) is 12.8 Å². The molecule has 0 aliphatic rings. The Kier molecular flexibility index (Phi) is 23.5. The Morgan fingerprint density at radius 1 is 0.861 bits per heavy atom. The van der Waals surface area contributed by atoms with Crippen molar-refractivity contribution in [1.82, 2.24) is 16.0 Å². The van der Waals surface area contributed by atoms with E-state index >= 15 is 0 Å². The third-order valence-electron chi connectivity index (χ3n) is 3.34. The number of carbonyl (C=O) groups is 2. The number of amides is 2. The summed E-state index contributed by atoms with van der Waals surface area (Å²) in [5.41, 5.74) is 6.91. The average molecular weight is 601 g/mol. The second kappa shape index (κ2) is 24.8. The molecule has 6 N–H and O–H groups in total. The minimum Gasteiger partial charge on any atom is -0.362 e. The summed E-state index contributed by atoms with van der Waals surface area (Å²) in [5.74, 6) is 6.75. The molecule has 14 heteroatoms. The van der Waals surface area contributed by atoms with E-state index in [-0.39, 0.29) is 11.8 Å². The van der Waals surface area contributed by atoms with Crippen LogP contribution in [0.1, 0.15) is 0 Å². The smallest absolute Gasteiger partial charge is 0.295 e. The van der Waals surface area contributed by atoms with Crippen LogP contribution < -0.4 is 27.0 Å². The topological polar surface area (TPSA) is 121 Å². The highest BCUT2D eigenvalue weighted by Gasteiger charge is 1.99. The number of benzene rings is 1. The molecule has 194 valence electrons. The number of rotatable bonds is 15. The van der Waals surface area contributed by atoms with Crippen LogP contribution in [-0.4, -0.2) is 71.3 Å². The van der Waals surface area contributed by atoms with Crippen molar-refractivity contribution in [2.45, 2.75) is 0 Å². The van der Waals surface area contributed by atoms with Gasteiger partial charge in [0.1, 0.15) is 0 Å². The molecule has 0 fully saturated rings. The van der Waals surface area contributed by atoms with Gasteiger partial charge >= 0.3 is 0 Å². The lowest BCUT2D eigenvalue weighted by Gasteiger charge is -2.10. The second-order valence-electron chi connectivity index (χ2n) is 6.01. The summed E-state index contributed by atoms with van der Waals surface area (Å²) in [4.78, 5) is 25.2. The highest BCUT2D eigenvalue weighted by atomic mass is 33.1. The fourth-order valence-electron chi connectivity index (χ4n) is 1.85. The van der Waals surface area contributed by atoms with Gasteiger partial charge in [0.2, 0.25) is 0 Å².